The molecule has 1 fully saturated rings. The number of carbonyl (C=O) groups excluding carboxylic acids is 1. The summed E-state index contributed by atoms with van der Waals surface area (Å²) >= 11 is 0. The molecule has 0 aliphatic heterocycles. The smallest absolute Gasteiger partial charge is 0.315 e. The summed E-state index contributed by atoms with van der Waals surface area (Å²) in [5.41, 5.74) is 0.989. The lowest BCUT2D eigenvalue weighted by atomic mass is 9.96. The molecule has 0 saturated heterocycles. The van der Waals surface area contributed by atoms with E-state index >= 15 is 0 Å². The van der Waals surface area contributed by atoms with Crippen LogP contribution in [0, 0.1) is 6.92 Å². The number of hydrogen-bond donors (Lipinski definition) is 2. The van der Waals surface area contributed by atoms with E-state index in [1.165, 1.54) is 19.3 Å². The summed E-state index contributed by atoms with van der Waals surface area (Å²) in [6.45, 7) is 3.12. The van der Waals surface area contributed by atoms with Crippen molar-refractivity contribution < 1.29 is 4.79 Å². The molecule has 0 aromatic carbocycles. The number of pyridine rings is 1. The van der Waals surface area contributed by atoms with Gasteiger partial charge in [0, 0.05) is 31.4 Å². The molecule has 0 atom stereocenters. The van der Waals surface area contributed by atoms with Crippen molar-refractivity contribution in [2.75, 3.05) is 6.54 Å². The first-order valence-corrected chi connectivity index (χ1v) is 7.86. The SMILES string of the molecule is Cc1ccn(CCCNC(=O)NC2CCCCC2)c(=O)c1. The van der Waals surface area contributed by atoms with Crippen molar-refractivity contribution in [2.45, 2.75) is 58.0 Å². The van der Waals surface area contributed by atoms with Gasteiger partial charge in [-0.15, -0.1) is 0 Å². The van der Waals surface area contributed by atoms with E-state index in [1.807, 2.05) is 13.0 Å². The number of hydrogen-bond acceptors (Lipinski definition) is 2. The number of nitrogens with one attached hydrogen (secondary N) is 2. The van der Waals surface area contributed by atoms with Crippen molar-refractivity contribution in [3.8, 4) is 0 Å². The van der Waals surface area contributed by atoms with Crippen molar-refractivity contribution in [1.29, 1.82) is 0 Å². The molecule has 1 aliphatic rings. The van der Waals surface area contributed by atoms with Gasteiger partial charge in [-0.2, -0.15) is 0 Å². The largest absolute Gasteiger partial charge is 0.338 e. The molecule has 0 unspecified atom stereocenters. The molecule has 116 valence electrons. The van der Waals surface area contributed by atoms with Crippen molar-refractivity contribution in [3.05, 3.63) is 34.2 Å². The molecule has 1 aromatic rings. The van der Waals surface area contributed by atoms with Crippen LogP contribution in [-0.4, -0.2) is 23.2 Å². The van der Waals surface area contributed by atoms with Crippen LogP contribution < -0.4 is 16.2 Å². The fraction of sp³-hybridized carbons (Fsp3) is 0.625. The van der Waals surface area contributed by atoms with Crippen LogP contribution in [0.15, 0.2) is 23.1 Å². The van der Waals surface area contributed by atoms with Crippen LogP contribution in [0.4, 0.5) is 4.79 Å². The van der Waals surface area contributed by atoms with Crippen LogP contribution >= 0.6 is 0 Å². The van der Waals surface area contributed by atoms with Crippen molar-refractivity contribution in [3.63, 3.8) is 0 Å². The van der Waals surface area contributed by atoms with Crippen LogP contribution in [0.1, 0.15) is 44.1 Å². The maximum absolute atomic E-state index is 11.7. The van der Waals surface area contributed by atoms with Crippen molar-refractivity contribution in [2.24, 2.45) is 0 Å². The number of aryl methyl sites for hydroxylation is 2. The normalized spacial score (nSPS) is 15.7. The third-order valence-corrected chi connectivity index (χ3v) is 3.95. The summed E-state index contributed by atoms with van der Waals surface area (Å²) < 4.78 is 1.67. The average molecular weight is 291 g/mol. The van der Waals surface area contributed by atoms with Gasteiger partial charge in [-0.05, 0) is 37.8 Å². The summed E-state index contributed by atoms with van der Waals surface area (Å²) in [5, 5.41) is 5.88. The predicted octanol–water partition coefficient (Wildman–Crippen LogP) is 2.18. The van der Waals surface area contributed by atoms with E-state index in [0.717, 1.165) is 24.8 Å². The molecule has 0 spiro atoms. The predicted molar refractivity (Wildman–Crippen MR) is 83.5 cm³/mol. The minimum atomic E-state index is -0.0850. The van der Waals surface area contributed by atoms with Gasteiger partial charge in [-0.1, -0.05) is 19.3 Å². The number of amides is 2. The Labute approximate surface area is 125 Å². The van der Waals surface area contributed by atoms with Crippen LogP contribution in [0.5, 0.6) is 0 Å². The maximum atomic E-state index is 11.7. The quantitative estimate of drug-likeness (QED) is 0.817. The Morgan fingerprint density at radius 3 is 2.81 bits per heavy atom. The zero-order valence-electron chi connectivity index (χ0n) is 12.7. The minimum Gasteiger partial charge on any atom is -0.338 e. The van der Waals surface area contributed by atoms with E-state index in [1.54, 1.807) is 16.8 Å². The second-order valence-corrected chi connectivity index (χ2v) is 5.82. The molecule has 2 amide bonds. The monoisotopic (exact) mass is 291 g/mol. The number of aromatic nitrogens is 1. The zero-order chi connectivity index (χ0) is 15.1. The summed E-state index contributed by atoms with van der Waals surface area (Å²) in [6.07, 6.45) is 8.44. The lowest BCUT2D eigenvalue weighted by Gasteiger charge is -2.22. The maximum Gasteiger partial charge on any atom is 0.315 e. The van der Waals surface area contributed by atoms with Crippen molar-refractivity contribution >= 4 is 6.03 Å². The summed E-state index contributed by atoms with van der Waals surface area (Å²) in [6, 6.07) is 3.80. The number of urea groups is 1. The van der Waals surface area contributed by atoms with Crippen LogP contribution in [0.2, 0.25) is 0 Å². The van der Waals surface area contributed by atoms with Gasteiger partial charge in [0.2, 0.25) is 0 Å². The van der Waals surface area contributed by atoms with Gasteiger partial charge >= 0.3 is 6.03 Å². The first-order chi connectivity index (χ1) is 10.1. The molecule has 1 saturated carbocycles. The molecule has 2 rings (SSSR count). The minimum absolute atomic E-state index is 0.0154. The van der Waals surface area contributed by atoms with Gasteiger partial charge in [0.05, 0.1) is 0 Å². The van der Waals surface area contributed by atoms with Crippen LogP contribution in [0.25, 0.3) is 0 Å². The summed E-state index contributed by atoms with van der Waals surface area (Å²) in [5.74, 6) is 0. The highest BCUT2D eigenvalue weighted by Gasteiger charge is 2.14. The average Bonchev–Trinajstić information content (AvgIpc) is 2.46. The molecular formula is C16H25N3O2. The van der Waals surface area contributed by atoms with E-state index in [4.69, 9.17) is 0 Å². The molecule has 21 heavy (non-hydrogen) atoms. The van der Waals surface area contributed by atoms with Crippen LogP contribution in [0.3, 0.4) is 0 Å². The van der Waals surface area contributed by atoms with E-state index in [0.29, 0.717) is 19.1 Å². The summed E-state index contributed by atoms with van der Waals surface area (Å²) in [7, 11) is 0. The van der Waals surface area contributed by atoms with E-state index in [9.17, 15) is 9.59 Å². The molecule has 1 heterocycles. The standard InChI is InChI=1S/C16H25N3O2/c1-13-8-11-19(15(20)12-13)10-5-9-17-16(21)18-14-6-3-2-4-7-14/h8,11-12,14H,2-7,9-10H2,1H3,(H2,17,18,21). The Bertz CT molecular complexity index is 518. The van der Waals surface area contributed by atoms with Crippen LogP contribution in [-0.2, 0) is 6.54 Å². The molecule has 0 bridgehead atoms. The second kappa shape index (κ2) is 7.86. The molecule has 0 radical (unpaired) electrons. The van der Waals surface area contributed by atoms with E-state index < -0.39 is 0 Å². The molecule has 5 nitrogen and oxygen atoms in total. The lowest BCUT2D eigenvalue weighted by molar-refractivity contribution is 0.232. The Morgan fingerprint density at radius 2 is 2.10 bits per heavy atom. The van der Waals surface area contributed by atoms with E-state index in [2.05, 4.69) is 10.6 Å². The molecular weight excluding hydrogens is 266 g/mol. The van der Waals surface area contributed by atoms with Gasteiger partial charge in [0.1, 0.15) is 0 Å². The van der Waals surface area contributed by atoms with Gasteiger partial charge in [-0.3, -0.25) is 4.79 Å². The Balaban J connectivity index is 1.64. The van der Waals surface area contributed by atoms with E-state index in [-0.39, 0.29) is 11.6 Å². The zero-order valence-corrected chi connectivity index (χ0v) is 12.7. The Morgan fingerprint density at radius 1 is 1.33 bits per heavy atom. The molecule has 5 heteroatoms. The Kier molecular flexibility index (Phi) is 5.84. The first kappa shape index (κ1) is 15.6. The van der Waals surface area contributed by atoms with Gasteiger partial charge in [-0.25, -0.2) is 4.79 Å². The van der Waals surface area contributed by atoms with Gasteiger partial charge in [0.25, 0.3) is 5.56 Å². The third-order valence-electron chi connectivity index (χ3n) is 3.95. The number of nitrogens with zero attached hydrogens (tertiary/aromatic N) is 1. The summed E-state index contributed by atoms with van der Waals surface area (Å²) in [4.78, 5) is 23.4. The topological polar surface area (TPSA) is 63.1 Å². The third kappa shape index (κ3) is 5.25. The second-order valence-electron chi connectivity index (χ2n) is 5.82. The van der Waals surface area contributed by atoms with Gasteiger partial charge < -0.3 is 15.2 Å². The number of rotatable bonds is 5. The fourth-order valence-corrected chi connectivity index (χ4v) is 2.73. The Hall–Kier alpha value is -1.78. The highest BCUT2D eigenvalue weighted by molar-refractivity contribution is 5.74. The van der Waals surface area contributed by atoms with Gasteiger partial charge in [0.15, 0.2) is 0 Å². The molecule has 2 N–H and O–H groups in total. The highest BCUT2D eigenvalue weighted by Crippen LogP contribution is 2.17. The molecule has 1 aliphatic carbocycles. The highest BCUT2D eigenvalue weighted by atomic mass is 16.2. The lowest BCUT2D eigenvalue weighted by Crippen LogP contribution is -2.43. The fourth-order valence-electron chi connectivity index (χ4n) is 2.73. The van der Waals surface area contributed by atoms with Crippen molar-refractivity contribution in [1.82, 2.24) is 15.2 Å². The number of carbonyl (C=O) groups is 1. The first-order valence-electron chi connectivity index (χ1n) is 7.86. The molecule has 1 aromatic heterocycles.